The molecule has 1 aromatic rings. The standard InChI is InChI=1S/C7H6BrN3O2SSe/c8-4-14(12,13)9-5-2-1-3-6-7(5)11-15-10-6/h1-3,9H,4H2. The van der Waals surface area contributed by atoms with E-state index in [0.29, 0.717) is 11.4 Å². The maximum absolute atomic E-state index is 11.3. The van der Waals surface area contributed by atoms with Crippen molar-refractivity contribution in [3.05, 3.63) is 18.2 Å². The molecule has 80 valence electrons. The van der Waals surface area contributed by atoms with Crippen molar-refractivity contribution in [1.29, 1.82) is 0 Å². The van der Waals surface area contributed by atoms with E-state index in [1.165, 1.54) is 0 Å². The van der Waals surface area contributed by atoms with Crippen LogP contribution >= 0.6 is 15.9 Å². The van der Waals surface area contributed by atoms with Crippen molar-refractivity contribution in [3.8, 4) is 0 Å². The summed E-state index contributed by atoms with van der Waals surface area (Å²) in [7, 11) is -3.32. The third kappa shape index (κ3) is 2.39. The first-order valence-electron chi connectivity index (χ1n) is 3.90. The predicted octanol–water partition coefficient (Wildman–Crippen LogP) is 2.13. The van der Waals surface area contributed by atoms with E-state index in [9.17, 15) is 8.42 Å². The summed E-state index contributed by atoms with van der Waals surface area (Å²) >= 11 is 2.75. The Hall–Kier alpha value is -0.431. The molecule has 1 N–H and O–H groups in total. The fourth-order valence-electron chi connectivity index (χ4n) is 1.08. The van der Waals surface area contributed by atoms with Gasteiger partial charge in [0.1, 0.15) is 0 Å². The van der Waals surface area contributed by atoms with Crippen LogP contribution in [0.15, 0.2) is 26.1 Å². The van der Waals surface area contributed by atoms with Gasteiger partial charge in [-0.25, -0.2) is 0 Å². The van der Waals surface area contributed by atoms with Gasteiger partial charge in [-0.2, -0.15) is 0 Å². The Bertz CT molecular complexity index is 566. The molecule has 0 bridgehead atoms. The fraction of sp³-hybridized carbons (Fsp3) is 0.143. The van der Waals surface area contributed by atoms with Crippen molar-refractivity contribution in [2.75, 3.05) is 9.38 Å². The van der Waals surface area contributed by atoms with Gasteiger partial charge in [-0.15, -0.1) is 0 Å². The van der Waals surface area contributed by atoms with Crippen molar-refractivity contribution < 1.29 is 8.42 Å². The van der Waals surface area contributed by atoms with Gasteiger partial charge in [0.25, 0.3) is 0 Å². The molecule has 0 radical (unpaired) electrons. The van der Waals surface area contributed by atoms with Crippen molar-refractivity contribution in [2.45, 2.75) is 0 Å². The molecule has 0 saturated carbocycles. The minimum absolute atomic E-state index is 0.133. The zero-order valence-electron chi connectivity index (χ0n) is 7.34. The van der Waals surface area contributed by atoms with E-state index in [1.54, 1.807) is 12.1 Å². The number of anilines is 1. The molecule has 1 aromatic carbocycles. The second-order valence-corrected chi connectivity index (χ2v) is 6.90. The molecule has 1 aliphatic rings. The van der Waals surface area contributed by atoms with E-state index >= 15 is 0 Å². The first kappa shape index (κ1) is 11.1. The van der Waals surface area contributed by atoms with Crippen molar-refractivity contribution >= 4 is 57.6 Å². The molecular weight excluding hydrogens is 349 g/mol. The van der Waals surface area contributed by atoms with E-state index in [2.05, 4.69) is 28.6 Å². The van der Waals surface area contributed by atoms with Crippen LogP contribution in [0.2, 0.25) is 0 Å². The van der Waals surface area contributed by atoms with E-state index in [1.807, 2.05) is 6.07 Å². The Kier molecular flexibility index (Phi) is 3.11. The van der Waals surface area contributed by atoms with Gasteiger partial charge in [-0.05, 0) is 0 Å². The first-order valence-corrected chi connectivity index (χ1v) is 8.21. The number of sulfonamides is 1. The Balaban J connectivity index is 2.40. The van der Waals surface area contributed by atoms with Crippen LogP contribution in [-0.4, -0.2) is 27.6 Å². The van der Waals surface area contributed by atoms with Crippen LogP contribution < -0.4 is 4.72 Å². The fourth-order valence-corrected chi connectivity index (χ4v) is 3.13. The minimum atomic E-state index is -3.32. The number of fused-ring (bicyclic) bond motifs is 1. The molecular formula is C7H6BrN3O2SSe. The second kappa shape index (κ2) is 4.21. The summed E-state index contributed by atoms with van der Waals surface area (Å²) < 4.78 is 33.3. The van der Waals surface area contributed by atoms with Crippen LogP contribution in [0.1, 0.15) is 0 Å². The number of hydrogen-bond acceptors (Lipinski definition) is 4. The average Bonchev–Trinajstić information content (AvgIpc) is 2.66. The van der Waals surface area contributed by atoms with Gasteiger partial charge in [-0.3, -0.25) is 0 Å². The molecule has 5 nitrogen and oxygen atoms in total. The van der Waals surface area contributed by atoms with Gasteiger partial charge in [-0.1, -0.05) is 0 Å². The van der Waals surface area contributed by atoms with Crippen LogP contribution in [0.4, 0.5) is 17.1 Å². The van der Waals surface area contributed by atoms with E-state index in [-0.39, 0.29) is 19.2 Å². The first-order chi connectivity index (χ1) is 7.12. The van der Waals surface area contributed by atoms with Crippen LogP contribution in [0.25, 0.3) is 0 Å². The Morgan fingerprint density at radius 3 is 2.93 bits per heavy atom. The van der Waals surface area contributed by atoms with Gasteiger partial charge in [0, 0.05) is 0 Å². The number of hydrogen-bond donors (Lipinski definition) is 1. The predicted molar refractivity (Wildman–Crippen MR) is 62.7 cm³/mol. The van der Waals surface area contributed by atoms with E-state index in [4.69, 9.17) is 0 Å². The Labute approximate surface area is 101 Å². The number of alkyl halides is 1. The zero-order valence-corrected chi connectivity index (χ0v) is 11.5. The van der Waals surface area contributed by atoms with Crippen LogP contribution in [-0.2, 0) is 10.0 Å². The van der Waals surface area contributed by atoms with Crippen molar-refractivity contribution in [1.82, 2.24) is 0 Å². The number of benzene rings is 1. The summed E-state index contributed by atoms with van der Waals surface area (Å²) in [5.74, 6) is 0. The molecule has 1 heterocycles. The van der Waals surface area contributed by atoms with Gasteiger partial charge in [0.05, 0.1) is 0 Å². The van der Waals surface area contributed by atoms with E-state index in [0.717, 1.165) is 5.69 Å². The van der Waals surface area contributed by atoms with Crippen molar-refractivity contribution in [3.63, 3.8) is 0 Å². The molecule has 0 aromatic heterocycles. The third-order valence-corrected chi connectivity index (χ3v) is 5.46. The molecule has 0 saturated heterocycles. The third-order valence-electron chi connectivity index (χ3n) is 1.70. The van der Waals surface area contributed by atoms with E-state index < -0.39 is 10.0 Å². The molecule has 0 fully saturated rings. The molecule has 2 rings (SSSR count). The summed E-state index contributed by atoms with van der Waals surface area (Å²) in [6, 6.07) is 5.25. The zero-order chi connectivity index (χ0) is 10.9. The summed E-state index contributed by atoms with van der Waals surface area (Å²) in [6.45, 7) is 0. The average molecular weight is 355 g/mol. The summed E-state index contributed by atoms with van der Waals surface area (Å²) in [4.78, 5) is 0. The molecule has 0 amide bonds. The Morgan fingerprint density at radius 2 is 2.20 bits per heavy atom. The van der Waals surface area contributed by atoms with Gasteiger partial charge >= 0.3 is 102 Å². The summed E-state index contributed by atoms with van der Waals surface area (Å²) in [5.41, 5.74) is 1.89. The summed E-state index contributed by atoms with van der Waals surface area (Å²) in [6.07, 6.45) is 0. The quantitative estimate of drug-likeness (QED) is 0.677. The topological polar surface area (TPSA) is 70.9 Å². The number of halogens is 1. The van der Waals surface area contributed by atoms with Crippen LogP contribution in [0, 0.1) is 0 Å². The second-order valence-electron chi connectivity index (χ2n) is 2.76. The molecule has 0 spiro atoms. The molecule has 0 atom stereocenters. The number of nitrogens with zero attached hydrogens (tertiary/aromatic N) is 2. The molecule has 1 aliphatic heterocycles. The van der Waals surface area contributed by atoms with Gasteiger partial charge in [0.15, 0.2) is 0 Å². The number of nitrogens with one attached hydrogen (secondary N) is 1. The maximum atomic E-state index is 11.3. The number of rotatable bonds is 3. The molecule has 0 unspecified atom stereocenters. The molecule has 15 heavy (non-hydrogen) atoms. The Morgan fingerprint density at radius 1 is 1.40 bits per heavy atom. The van der Waals surface area contributed by atoms with Gasteiger partial charge < -0.3 is 0 Å². The van der Waals surface area contributed by atoms with Crippen LogP contribution in [0.3, 0.4) is 0 Å². The van der Waals surface area contributed by atoms with Crippen LogP contribution in [0.5, 0.6) is 0 Å². The monoisotopic (exact) mass is 355 g/mol. The normalized spacial score (nSPS) is 13.4. The van der Waals surface area contributed by atoms with Gasteiger partial charge in [0.2, 0.25) is 0 Å². The summed E-state index contributed by atoms with van der Waals surface area (Å²) in [5, 5.41) is 0. The SMILES string of the molecule is O=S(=O)(CBr)Nc1cccc2c1N=[Se]=N2. The molecule has 0 aliphatic carbocycles. The van der Waals surface area contributed by atoms with Crippen molar-refractivity contribution in [2.24, 2.45) is 7.92 Å². The molecule has 8 heteroatoms.